The average Bonchev–Trinajstić information content (AvgIpc) is 2.84. The highest BCUT2D eigenvalue weighted by atomic mass is 35.5. The largest absolute Gasteiger partial charge is 0.506 e. The molecule has 5 N–H and O–H groups in total. The molecule has 0 aliphatic carbocycles. The Kier molecular flexibility index (Phi) is 9.98. The van der Waals surface area contributed by atoms with Crippen LogP contribution in [0.2, 0.25) is 5.02 Å². The standard InChI is InChI=1S/C27H31ClN2O7S/c1-17-13-21(19-6-3-18(4-7-19)5-10-26(33)34)14-22(28)27(17)37-12-11-29-16-25(32)20-8-9-24(31)23(15-20)30-38(2,35)36/h3-4,6-9,13-15,25,29-32H,5,10-12,16H2,1-2H3,(H,33,34). The predicted octanol–water partition coefficient (Wildman–Crippen LogP) is 4.11. The number of anilines is 1. The summed E-state index contributed by atoms with van der Waals surface area (Å²) in [5, 5.41) is 32.7. The molecule has 3 rings (SSSR count). The topological polar surface area (TPSA) is 145 Å². The van der Waals surface area contributed by atoms with Crippen LogP contribution in [0, 0.1) is 6.92 Å². The molecule has 204 valence electrons. The highest BCUT2D eigenvalue weighted by molar-refractivity contribution is 7.92. The summed E-state index contributed by atoms with van der Waals surface area (Å²) < 4.78 is 31.0. The van der Waals surface area contributed by atoms with Crippen molar-refractivity contribution in [2.24, 2.45) is 0 Å². The van der Waals surface area contributed by atoms with Crippen molar-refractivity contribution in [2.45, 2.75) is 25.9 Å². The molecule has 9 nitrogen and oxygen atoms in total. The minimum atomic E-state index is -3.58. The van der Waals surface area contributed by atoms with E-state index in [4.69, 9.17) is 21.4 Å². The number of carbonyl (C=O) groups is 1. The SMILES string of the molecule is Cc1cc(-c2ccc(CCC(=O)O)cc2)cc(Cl)c1OCCNCC(O)c1ccc(O)c(NS(C)(=O)=O)c1. The Morgan fingerprint density at radius 2 is 1.79 bits per heavy atom. The number of rotatable bonds is 13. The lowest BCUT2D eigenvalue weighted by Crippen LogP contribution is -2.26. The van der Waals surface area contributed by atoms with Crippen LogP contribution in [0.1, 0.15) is 29.2 Å². The van der Waals surface area contributed by atoms with Gasteiger partial charge in [-0.15, -0.1) is 0 Å². The van der Waals surface area contributed by atoms with Crippen molar-refractivity contribution in [3.63, 3.8) is 0 Å². The van der Waals surface area contributed by atoms with E-state index < -0.39 is 22.1 Å². The Morgan fingerprint density at radius 3 is 2.42 bits per heavy atom. The Morgan fingerprint density at radius 1 is 1.08 bits per heavy atom. The minimum Gasteiger partial charge on any atom is -0.506 e. The molecule has 0 aliphatic heterocycles. The molecule has 1 unspecified atom stereocenters. The summed E-state index contributed by atoms with van der Waals surface area (Å²) in [5.74, 6) is -0.501. The number of nitrogens with one attached hydrogen (secondary N) is 2. The Hall–Kier alpha value is -3.31. The van der Waals surface area contributed by atoms with Gasteiger partial charge >= 0.3 is 5.97 Å². The number of aromatic hydroxyl groups is 1. The number of phenols is 1. The number of carboxylic acids is 1. The lowest BCUT2D eigenvalue weighted by molar-refractivity contribution is -0.136. The van der Waals surface area contributed by atoms with E-state index in [1.807, 2.05) is 43.3 Å². The number of hydrogen-bond acceptors (Lipinski definition) is 7. The molecular weight excluding hydrogens is 532 g/mol. The van der Waals surface area contributed by atoms with Crippen LogP contribution in [-0.4, -0.2) is 55.7 Å². The second-order valence-electron chi connectivity index (χ2n) is 8.91. The van der Waals surface area contributed by atoms with Gasteiger partial charge in [-0.05, 0) is 65.4 Å². The van der Waals surface area contributed by atoms with E-state index in [0.717, 1.165) is 28.5 Å². The molecule has 0 aliphatic rings. The number of hydrogen-bond donors (Lipinski definition) is 5. The number of aryl methyl sites for hydroxylation is 2. The molecule has 11 heteroatoms. The first-order chi connectivity index (χ1) is 17.9. The van der Waals surface area contributed by atoms with Crippen molar-refractivity contribution < 1.29 is 33.3 Å². The third-order valence-electron chi connectivity index (χ3n) is 5.71. The molecule has 0 saturated carbocycles. The molecular formula is C27H31ClN2O7S. The third-order valence-corrected chi connectivity index (χ3v) is 6.58. The molecule has 38 heavy (non-hydrogen) atoms. The summed E-state index contributed by atoms with van der Waals surface area (Å²) in [6.07, 6.45) is 0.604. The predicted molar refractivity (Wildman–Crippen MR) is 147 cm³/mol. The number of carboxylic acid groups (broad SMARTS) is 1. The van der Waals surface area contributed by atoms with Gasteiger partial charge in [-0.25, -0.2) is 8.42 Å². The van der Waals surface area contributed by atoms with Crippen molar-refractivity contribution in [1.29, 1.82) is 0 Å². The quantitative estimate of drug-likeness (QED) is 0.154. The van der Waals surface area contributed by atoms with Gasteiger partial charge in [-0.3, -0.25) is 9.52 Å². The van der Waals surface area contributed by atoms with Crippen LogP contribution in [0.25, 0.3) is 11.1 Å². The number of phenolic OH excluding ortho intramolecular Hbond substituents is 1. The van der Waals surface area contributed by atoms with Crippen LogP contribution in [0.3, 0.4) is 0 Å². The van der Waals surface area contributed by atoms with E-state index in [2.05, 4.69) is 10.0 Å². The Balaban J connectivity index is 1.52. The maximum Gasteiger partial charge on any atom is 0.303 e. The summed E-state index contributed by atoms with van der Waals surface area (Å²) >= 11 is 6.50. The second-order valence-corrected chi connectivity index (χ2v) is 11.1. The van der Waals surface area contributed by atoms with E-state index in [-0.39, 0.29) is 24.4 Å². The number of aliphatic carboxylic acids is 1. The summed E-state index contributed by atoms with van der Waals surface area (Å²) in [4.78, 5) is 10.8. The minimum absolute atomic E-state index is 0.00456. The number of sulfonamides is 1. The Labute approximate surface area is 227 Å². The van der Waals surface area contributed by atoms with Crippen molar-refractivity contribution in [3.05, 3.63) is 76.3 Å². The molecule has 3 aromatic rings. The Bertz CT molecular complexity index is 1360. The van der Waals surface area contributed by atoms with Gasteiger partial charge in [0.1, 0.15) is 18.1 Å². The van der Waals surface area contributed by atoms with Gasteiger partial charge in [-0.2, -0.15) is 0 Å². The van der Waals surface area contributed by atoms with Crippen LogP contribution < -0.4 is 14.8 Å². The van der Waals surface area contributed by atoms with E-state index in [9.17, 15) is 23.4 Å². The number of benzene rings is 3. The zero-order valence-electron chi connectivity index (χ0n) is 21.1. The fraction of sp³-hybridized carbons (Fsp3) is 0.296. The number of aliphatic hydroxyl groups is 1. The molecule has 0 amide bonds. The number of halogens is 1. The molecule has 0 fully saturated rings. The van der Waals surface area contributed by atoms with Gasteiger partial charge < -0.3 is 25.4 Å². The van der Waals surface area contributed by atoms with Crippen LogP contribution in [0.15, 0.2) is 54.6 Å². The van der Waals surface area contributed by atoms with Gasteiger partial charge in [0.25, 0.3) is 0 Å². The summed E-state index contributed by atoms with van der Waals surface area (Å²) in [6.45, 7) is 2.79. The molecule has 0 radical (unpaired) electrons. The maximum atomic E-state index is 11.4. The van der Waals surface area contributed by atoms with Crippen LogP contribution >= 0.6 is 11.6 Å². The molecule has 0 heterocycles. The van der Waals surface area contributed by atoms with Crippen LogP contribution in [-0.2, 0) is 21.2 Å². The number of ether oxygens (including phenoxy) is 1. The molecule has 0 saturated heterocycles. The van der Waals surface area contributed by atoms with E-state index in [1.54, 1.807) is 0 Å². The average molecular weight is 563 g/mol. The van der Waals surface area contributed by atoms with Crippen molar-refractivity contribution in [2.75, 3.05) is 30.7 Å². The zero-order valence-corrected chi connectivity index (χ0v) is 22.6. The fourth-order valence-corrected chi connectivity index (χ4v) is 4.70. The van der Waals surface area contributed by atoms with Gasteiger partial charge in [0.05, 0.1) is 23.1 Å². The van der Waals surface area contributed by atoms with Gasteiger partial charge in [0.15, 0.2) is 0 Å². The summed E-state index contributed by atoms with van der Waals surface area (Å²) in [5.41, 5.74) is 4.12. The van der Waals surface area contributed by atoms with Crippen LogP contribution in [0.5, 0.6) is 11.5 Å². The highest BCUT2D eigenvalue weighted by Crippen LogP contribution is 2.34. The first-order valence-corrected chi connectivity index (χ1v) is 14.1. The summed E-state index contributed by atoms with van der Waals surface area (Å²) in [6, 6.07) is 15.7. The van der Waals surface area contributed by atoms with Gasteiger partial charge in [0, 0.05) is 19.5 Å². The van der Waals surface area contributed by atoms with E-state index in [0.29, 0.717) is 35.9 Å². The molecule has 0 spiro atoms. The van der Waals surface area contributed by atoms with Gasteiger partial charge in [0.2, 0.25) is 10.0 Å². The molecule has 0 aromatic heterocycles. The fourth-order valence-electron chi connectivity index (χ4n) is 3.82. The second kappa shape index (κ2) is 13.0. The van der Waals surface area contributed by atoms with Crippen molar-refractivity contribution in [3.8, 4) is 22.6 Å². The zero-order chi connectivity index (χ0) is 27.9. The summed E-state index contributed by atoms with van der Waals surface area (Å²) in [7, 11) is -3.58. The molecule has 3 aromatic carbocycles. The highest BCUT2D eigenvalue weighted by Gasteiger charge is 2.14. The molecule has 1 atom stereocenters. The van der Waals surface area contributed by atoms with Crippen molar-refractivity contribution in [1.82, 2.24) is 5.32 Å². The molecule has 0 bridgehead atoms. The normalized spacial score (nSPS) is 12.2. The lowest BCUT2D eigenvalue weighted by atomic mass is 10.0. The van der Waals surface area contributed by atoms with E-state index in [1.165, 1.54) is 18.2 Å². The monoisotopic (exact) mass is 562 g/mol. The number of aliphatic hydroxyl groups excluding tert-OH is 1. The first kappa shape index (κ1) is 29.2. The van der Waals surface area contributed by atoms with Gasteiger partial charge in [-0.1, -0.05) is 41.9 Å². The lowest BCUT2D eigenvalue weighted by Gasteiger charge is -2.16. The maximum absolute atomic E-state index is 11.4. The van der Waals surface area contributed by atoms with Crippen LogP contribution in [0.4, 0.5) is 5.69 Å². The van der Waals surface area contributed by atoms with Crippen molar-refractivity contribution >= 4 is 33.3 Å². The first-order valence-electron chi connectivity index (χ1n) is 11.9. The smallest absolute Gasteiger partial charge is 0.303 e. The van der Waals surface area contributed by atoms with E-state index >= 15 is 0 Å². The third kappa shape index (κ3) is 8.63.